The van der Waals surface area contributed by atoms with Crippen LogP contribution in [0.25, 0.3) is 0 Å². The number of nitrogen functional groups attached to an aromatic ring is 1. The lowest BCUT2D eigenvalue weighted by atomic mass is 10.0. The van der Waals surface area contributed by atoms with E-state index in [1.807, 2.05) is 0 Å². The number of amides is 2. The number of anilines is 1. The van der Waals surface area contributed by atoms with Crippen LogP contribution in [0.4, 0.5) is 5.13 Å². The summed E-state index contributed by atoms with van der Waals surface area (Å²) in [6.45, 7) is 2.93. The summed E-state index contributed by atoms with van der Waals surface area (Å²) in [7, 11) is 3.52. The number of likely N-dealkylation sites (N-methyl/N-ethyl adjacent to an activating group) is 1. The van der Waals surface area contributed by atoms with E-state index in [1.54, 1.807) is 17.1 Å². The van der Waals surface area contributed by atoms with Gasteiger partial charge in [0.25, 0.3) is 11.8 Å². The molecule has 1 aromatic rings. The van der Waals surface area contributed by atoms with Crippen LogP contribution < -0.4 is 11.1 Å². The van der Waals surface area contributed by atoms with Crippen molar-refractivity contribution in [3.63, 3.8) is 0 Å². The minimum Gasteiger partial charge on any atom is -0.398 e. The van der Waals surface area contributed by atoms with Gasteiger partial charge in [0.05, 0.1) is 25.8 Å². The molecular formula is C19H25N6O4S2+. The van der Waals surface area contributed by atoms with E-state index in [0.717, 1.165) is 36.0 Å². The molecule has 0 bridgehead atoms. The first-order valence-corrected chi connectivity index (χ1v) is 11.9. The third-order valence-corrected chi connectivity index (χ3v) is 7.89. The molecule has 1 aromatic heterocycles. The molecule has 3 aliphatic heterocycles. The Bertz CT molecular complexity index is 968. The molecule has 4 rings (SSSR count). The van der Waals surface area contributed by atoms with Gasteiger partial charge in [-0.05, 0) is 0 Å². The van der Waals surface area contributed by atoms with Gasteiger partial charge in [0.1, 0.15) is 30.8 Å². The number of nitrogens with zero attached hydrogens (tertiary/aromatic N) is 4. The molecule has 0 aliphatic carbocycles. The monoisotopic (exact) mass is 465 g/mol. The Kier molecular flexibility index (Phi) is 6.04. The first-order valence-electron chi connectivity index (χ1n) is 9.95. The van der Waals surface area contributed by atoms with Crippen LogP contribution in [0.2, 0.25) is 0 Å². The highest BCUT2D eigenvalue weighted by Crippen LogP contribution is 2.40. The van der Waals surface area contributed by atoms with Crippen LogP contribution in [-0.4, -0.2) is 89.1 Å². The molecule has 0 radical (unpaired) electrons. The number of thiazole rings is 1. The fourth-order valence-electron chi connectivity index (χ4n) is 4.34. The maximum absolute atomic E-state index is 12.9. The predicted octanol–water partition coefficient (Wildman–Crippen LogP) is 0.169. The summed E-state index contributed by atoms with van der Waals surface area (Å²) < 4.78 is 0.897. The quantitative estimate of drug-likeness (QED) is 0.193. The van der Waals surface area contributed by atoms with Gasteiger partial charge in [0, 0.05) is 29.5 Å². The third kappa shape index (κ3) is 4.06. The molecule has 0 unspecified atom stereocenters. The summed E-state index contributed by atoms with van der Waals surface area (Å²) in [4.78, 5) is 47.9. The van der Waals surface area contributed by atoms with Crippen LogP contribution in [-0.2, 0) is 19.2 Å². The molecule has 3 N–H and O–H groups in total. The average Bonchev–Trinajstić information content (AvgIpc) is 3.37. The van der Waals surface area contributed by atoms with Crippen LogP contribution in [0.1, 0.15) is 18.5 Å². The smallest absolute Gasteiger partial charge is 0.276 e. The number of carbonyl (C=O) groups excluding carboxylic acids is 3. The predicted molar refractivity (Wildman–Crippen MR) is 118 cm³/mol. The van der Waals surface area contributed by atoms with Crippen molar-refractivity contribution in [1.29, 1.82) is 0 Å². The molecular weight excluding hydrogens is 440 g/mol. The van der Waals surface area contributed by atoms with Gasteiger partial charge in [-0.3, -0.25) is 19.3 Å². The summed E-state index contributed by atoms with van der Waals surface area (Å²) in [5.41, 5.74) is 7.32. The number of hydrogen-bond acceptors (Lipinski definition) is 9. The zero-order chi connectivity index (χ0) is 22.2. The maximum atomic E-state index is 12.9. The fraction of sp³-hybridized carbons (Fsp3) is 0.526. The number of β-lactam (4-membered cyclic amide) rings is 1. The number of aromatic nitrogens is 1. The lowest BCUT2D eigenvalue weighted by Gasteiger charge is -2.49. The minimum atomic E-state index is -0.747. The van der Waals surface area contributed by atoms with E-state index in [2.05, 4.69) is 22.5 Å². The normalized spacial score (nSPS) is 25.2. The summed E-state index contributed by atoms with van der Waals surface area (Å²) in [6.07, 6.45) is 3.14. The van der Waals surface area contributed by atoms with Gasteiger partial charge in [-0.2, -0.15) is 0 Å². The number of quaternary nitrogens is 1. The van der Waals surface area contributed by atoms with Crippen molar-refractivity contribution in [2.75, 3.05) is 45.3 Å². The topological polar surface area (TPSA) is 127 Å². The Balaban J connectivity index is 1.49. The Morgan fingerprint density at radius 2 is 2.23 bits per heavy atom. The molecule has 0 saturated carbocycles. The number of allylic oxidation sites excluding steroid dienone is 1. The van der Waals surface area contributed by atoms with Crippen molar-refractivity contribution in [3.05, 3.63) is 22.3 Å². The van der Waals surface area contributed by atoms with E-state index in [4.69, 9.17) is 10.6 Å². The maximum Gasteiger partial charge on any atom is 0.276 e. The number of fused-ring (bicyclic) bond motifs is 1. The first kappa shape index (κ1) is 21.8. The number of carbonyl (C=O) groups is 3. The van der Waals surface area contributed by atoms with Crippen molar-refractivity contribution < 1.29 is 23.7 Å². The van der Waals surface area contributed by atoms with Gasteiger partial charge in [0.2, 0.25) is 0 Å². The van der Waals surface area contributed by atoms with E-state index in [1.165, 1.54) is 36.2 Å². The number of likely N-dealkylation sites (tertiary alicyclic amines) is 1. The van der Waals surface area contributed by atoms with Gasteiger partial charge in [-0.1, -0.05) is 5.16 Å². The molecule has 0 spiro atoms. The van der Waals surface area contributed by atoms with Crippen LogP contribution >= 0.6 is 23.1 Å². The zero-order valence-electron chi connectivity index (χ0n) is 17.4. The number of nitrogens with two attached hydrogens (primary N) is 1. The second-order valence-electron chi connectivity index (χ2n) is 8.09. The molecule has 2 atom stereocenters. The second kappa shape index (κ2) is 8.60. The van der Waals surface area contributed by atoms with Crippen molar-refractivity contribution in [1.82, 2.24) is 15.2 Å². The molecule has 2 fully saturated rings. The van der Waals surface area contributed by atoms with Crippen molar-refractivity contribution in [2.45, 2.75) is 24.3 Å². The Morgan fingerprint density at radius 1 is 1.48 bits per heavy atom. The number of oxime groups is 1. The highest BCUT2D eigenvalue weighted by Gasteiger charge is 2.53. The zero-order valence-corrected chi connectivity index (χ0v) is 19.0. The molecule has 4 heterocycles. The summed E-state index contributed by atoms with van der Waals surface area (Å²) in [6, 6.07) is -0.747. The number of rotatable bonds is 7. The van der Waals surface area contributed by atoms with E-state index < -0.39 is 11.9 Å². The third-order valence-electron chi connectivity index (χ3n) is 5.87. The van der Waals surface area contributed by atoms with E-state index >= 15 is 0 Å². The highest BCUT2D eigenvalue weighted by molar-refractivity contribution is 8.00. The van der Waals surface area contributed by atoms with E-state index in [9.17, 15) is 14.4 Å². The number of aldehydes is 1. The first-order chi connectivity index (χ1) is 14.9. The van der Waals surface area contributed by atoms with Crippen LogP contribution in [0.5, 0.6) is 0 Å². The largest absolute Gasteiger partial charge is 0.398 e. The Morgan fingerprint density at radius 3 is 2.84 bits per heavy atom. The Labute approximate surface area is 188 Å². The second-order valence-corrected chi connectivity index (χ2v) is 10.1. The van der Waals surface area contributed by atoms with Gasteiger partial charge < -0.3 is 20.4 Å². The van der Waals surface area contributed by atoms with Crippen LogP contribution in [0.3, 0.4) is 0 Å². The molecule has 2 amide bonds. The number of hydrogen-bond donors (Lipinski definition) is 2. The van der Waals surface area contributed by atoms with Gasteiger partial charge in [-0.15, -0.1) is 23.1 Å². The van der Waals surface area contributed by atoms with Gasteiger partial charge >= 0.3 is 0 Å². The summed E-state index contributed by atoms with van der Waals surface area (Å²) >= 11 is 2.73. The molecule has 0 aromatic carbocycles. The van der Waals surface area contributed by atoms with Gasteiger partial charge in [0.15, 0.2) is 17.1 Å². The van der Waals surface area contributed by atoms with Crippen molar-refractivity contribution >= 4 is 52.0 Å². The molecule has 166 valence electrons. The number of thioether (sulfide) groups is 1. The van der Waals surface area contributed by atoms with Crippen LogP contribution in [0, 0.1) is 0 Å². The lowest BCUT2D eigenvalue weighted by molar-refractivity contribution is -0.893. The molecule has 12 heteroatoms. The number of nitrogens with one attached hydrogen (secondary N) is 1. The fourth-order valence-corrected chi connectivity index (χ4v) is 6.24. The molecule has 10 nitrogen and oxygen atoms in total. The summed E-state index contributed by atoms with van der Waals surface area (Å²) in [5, 5.41) is 8.03. The minimum absolute atomic E-state index is 0.0548. The molecule has 2 saturated heterocycles. The summed E-state index contributed by atoms with van der Waals surface area (Å²) in [5.74, 6) is -0.225. The van der Waals surface area contributed by atoms with Crippen LogP contribution in [0.15, 0.2) is 21.8 Å². The van der Waals surface area contributed by atoms with Crippen molar-refractivity contribution in [3.8, 4) is 0 Å². The van der Waals surface area contributed by atoms with Gasteiger partial charge in [-0.25, -0.2) is 4.98 Å². The molecule has 3 aliphatic rings. The Hall–Kier alpha value is -2.44. The van der Waals surface area contributed by atoms with Crippen molar-refractivity contribution in [2.24, 2.45) is 5.16 Å². The lowest BCUT2D eigenvalue weighted by Crippen LogP contribution is -2.70. The SMILES string of the molecule is CO/N=C(/C(=O)N[C@@H]1C(=O)N2C(C=O)=C(C[N+]3(C)CCCC3)CS[C@H]12)c1csc(N)n1. The van der Waals surface area contributed by atoms with E-state index in [0.29, 0.717) is 16.6 Å². The van der Waals surface area contributed by atoms with E-state index in [-0.39, 0.29) is 22.7 Å². The molecule has 31 heavy (non-hydrogen) atoms. The highest BCUT2D eigenvalue weighted by atomic mass is 32.2. The average molecular weight is 466 g/mol. The standard InChI is InChI=1S/C19H24N6O4S2/c1-25(5-3-4-6-25)7-11-9-30-18-15(17(28)24(18)13(11)8-26)22-16(27)14(23-29-2)12-10-31-19(20)21-12/h8,10,15,18H,3-7,9H2,1-2H3,(H2-,20,21,22,27)/p+1/b23-14+/t15-,18-/m1/s1.